The summed E-state index contributed by atoms with van der Waals surface area (Å²) in [6.45, 7) is -0.00120. The molecule has 0 N–H and O–H groups in total. The van der Waals surface area contributed by atoms with Gasteiger partial charge < -0.3 is 4.74 Å². The molecule has 0 saturated carbocycles. The molecule has 0 spiro atoms. The fourth-order valence-corrected chi connectivity index (χ4v) is 2.50. The molecule has 0 saturated heterocycles. The Morgan fingerprint density at radius 1 is 1.05 bits per heavy atom. The standard InChI is InChI=1S/C13H7Br2ClF2O/c14-8-2-1-7(11(17)3-8)6-19-13-5-12(18)10(16)4-9(13)15/h1-5H,6H2. The van der Waals surface area contributed by atoms with E-state index in [1.165, 1.54) is 12.1 Å². The van der Waals surface area contributed by atoms with Crippen LogP contribution in [0.15, 0.2) is 39.3 Å². The number of ether oxygens (including phenoxy) is 1. The summed E-state index contributed by atoms with van der Waals surface area (Å²) in [6, 6.07) is 7.20. The average molecular weight is 412 g/mol. The molecule has 0 bridgehead atoms. The summed E-state index contributed by atoms with van der Waals surface area (Å²) >= 11 is 12.0. The Morgan fingerprint density at radius 2 is 1.79 bits per heavy atom. The van der Waals surface area contributed by atoms with Crippen LogP contribution in [0.1, 0.15) is 5.56 Å². The highest BCUT2D eigenvalue weighted by molar-refractivity contribution is 9.10. The van der Waals surface area contributed by atoms with Gasteiger partial charge in [0.25, 0.3) is 0 Å². The van der Waals surface area contributed by atoms with Crippen LogP contribution < -0.4 is 4.74 Å². The number of rotatable bonds is 3. The second-order valence-electron chi connectivity index (χ2n) is 3.72. The van der Waals surface area contributed by atoms with E-state index in [9.17, 15) is 8.78 Å². The van der Waals surface area contributed by atoms with Crippen LogP contribution in [0.25, 0.3) is 0 Å². The Balaban J connectivity index is 2.16. The van der Waals surface area contributed by atoms with Crippen LogP contribution in [0.2, 0.25) is 5.02 Å². The maximum atomic E-state index is 13.6. The third-order valence-corrected chi connectivity index (χ3v) is 3.78. The van der Waals surface area contributed by atoms with Crippen molar-refractivity contribution in [3.63, 3.8) is 0 Å². The van der Waals surface area contributed by atoms with Gasteiger partial charge in [0.05, 0.1) is 9.50 Å². The number of hydrogen-bond donors (Lipinski definition) is 0. The van der Waals surface area contributed by atoms with E-state index >= 15 is 0 Å². The zero-order chi connectivity index (χ0) is 14.0. The molecule has 0 fully saturated rings. The van der Waals surface area contributed by atoms with Gasteiger partial charge in [-0.3, -0.25) is 0 Å². The highest BCUT2D eigenvalue weighted by Crippen LogP contribution is 2.31. The van der Waals surface area contributed by atoms with Gasteiger partial charge in [0.1, 0.15) is 24.0 Å². The Bertz CT molecular complexity index is 620. The average Bonchev–Trinajstić information content (AvgIpc) is 2.34. The van der Waals surface area contributed by atoms with Crippen molar-refractivity contribution in [1.82, 2.24) is 0 Å². The molecule has 1 nitrogen and oxygen atoms in total. The monoisotopic (exact) mass is 410 g/mol. The van der Waals surface area contributed by atoms with E-state index in [-0.39, 0.29) is 23.2 Å². The Hall–Kier alpha value is -0.650. The highest BCUT2D eigenvalue weighted by atomic mass is 79.9. The van der Waals surface area contributed by atoms with Crippen LogP contribution in [0.3, 0.4) is 0 Å². The first-order valence-corrected chi connectivity index (χ1v) is 7.15. The SMILES string of the molecule is Fc1cc(OCc2ccc(Br)cc2F)c(Br)cc1Cl. The molecule has 2 aromatic rings. The van der Waals surface area contributed by atoms with Crippen molar-refractivity contribution in [3.05, 3.63) is 61.5 Å². The summed E-state index contributed by atoms with van der Waals surface area (Å²) in [5, 5.41) is -0.00551. The predicted octanol–water partition coefficient (Wildman–Crippen LogP) is 5.72. The van der Waals surface area contributed by atoms with Crippen molar-refractivity contribution in [1.29, 1.82) is 0 Å². The summed E-state index contributed by atoms with van der Waals surface area (Å²) in [4.78, 5) is 0. The molecule has 0 atom stereocenters. The van der Waals surface area contributed by atoms with Gasteiger partial charge in [-0.2, -0.15) is 0 Å². The van der Waals surface area contributed by atoms with Crippen molar-refractivity contribution < 1.29 is 13.5 Å². The van der Waals surface area contributed by atoms with Gasteiger partial charge in [0.2, 0.25) is 0 Å². The van der Waals surface area contributed by atoms with Crippen LogP contribution in [-0.4, -0.2) is 0 Å². The smallest absolute Gasteiger partial charge is 0.145 e. The first-order chi connectivity index (χ1) is 8.97. The summed E-state index contributed by atoms with van der Waals surface area (Å²) in [5.41, 5.74) is 0.380. The van der Waals surface area contributed by atoms with E-state index in [1.807, 2.05) is 0 Å². The lowest BCUT2D eigenvalue weighted by Crippen LogP contribution is -1.99. The third kappa shape index (κ3) is 3.68. The normalized spacial score (nSPS) is 10.6. The Morgan fingerprint density at radius 3 is 2.47 bits per heavy atom. The first-order valence-electron chi connectivity index (χ1n) is 5.18. The minimum Gasteiger partial charge on any atom is -0.488 e. The van der Waals surface area contributed by atoms with E-state index in [4.69, 9.17) is 16.3 Å². The lowest BCUT2D eigenvalue weighted by atomic mass is 10.2. The molecule has 2 aromatic carbocycles. The Labute approximate surface area is 130 Å². The largest absolute Gasteiger partial charge is 0.488 e. The van der Waals surface area contributed by atoms with Crippen molar-refractivity contribution in [2.45, 2.75) is 6.61 Å². The quantitative estimate of drug-likeness (QED) is 0.586. The summed E-state index contributed by atoms with van der Waals surface area (Å²) in [5.74, 6) is -0.708. The second-order valence-corrected chi connectivity index (χ2v) is 5.90. The Kier molecular flexibility index (Phi) is 4.81. The van der Waals surface area contributed by atoms with Gasteiger partial charge in [-0.15, -0.1) is 0 Å². The molecule has 6 heteroatoms. The van der Waals surface area contributed by atoms with Gasteiger partial charge in [-0.25, -0.2) is 8.78 Å². The minimum atomic E-state index is -0.587. The van der Waals surface area contributed by atoms with Crippen molar-refractivity contribution in [2.24, 2.45) is 0 Å². The fraction of sp³-hybridized carbons (Fsp3) is 0.0769. The fourth-order valence-electron chi connectivity index (χ4n) is 1.41. The molecule has 100 valence electrons. The highest BCUT2D eigenvalue weighted by Gasteiger charge is 2.09. The van der Waals surface area contributed by atoms with Crippen molar-refractivity contribution in [3.8, 4) is 5.75 Å². The van der Waals surface area contributed by atoms with Crippen molar-refractivity contribution >= 4 is 43.5 Å². The van der Waals surface area contributed by atoms with Gasteiger partial charge >= 0.3 is 0 Å². The maximum absolute atomic E-state index is 13.6. The molecule has 0 aliphatic heterocycles. The molecule has 0 aliphatic carbocycles. The lowest BCUT2D eigenvalue weighted by molar-refractivity contribution is 0.296. The molecular weight excluding hydrogens is 405 g/mol. The van der Waals surface area contributed by atoms with Crippen molar-refractivity contribution in [2.75, 3.05) is 0 Å². The number of hydrogen-bond acceptors (Lipinski definition) is 1. The van der Waals surface area contributed by atoms with Crippen LogP contribution in [0, 0.1) is 11.6 Å². The summed E-state index contributed by atoms with van der Waals surface area (Å²) in [7, 11) is 0. The van der Waals surface area contributed by atoms with Crippen LogP contribution in [0.4, 0.5) is 8.78 Å². The number of benzene rings is 2. The van der Waals surface area contributed by atoms with Gasteiger partial charge in [-0.1, -0.05) is 33.6 Å². The second kappa shape index (κ2) is 6.20. The molecule has 0 amide bonds. The zero-order valence-electron chi connectivity index (χ0n) is 9.39. The molecular formula is C13H7Br2ClF2O. The molecule has 0 aromatic heterocycles. The van der Waals surface area contributed by atoms with E-state index < -0.39 is 5.82 Å². The predicted molar refractivity (Wildman–Crippen MR) is 77.5 cm³/mol. The van der Waals surface area contributed by atoms with E-state index in [2.05, 4.69) is 31.9 Å². The summed E-state index contributed by atoms with van der Waals surface area (Å²) in [6.07, 6.45) is 0. The maximum Gasteiger partial charge on any atom is 0.145 e. The van der Waals surface area contributed by atoms with Gasteiger partial charge in [0.15, 0.2) is 0 Å². The summed E-state index contributed by atoms with van der Waals surface area (Å²) < 4.78 is 33.4. The molecule has 19 heavy (non-hydrogen) atoms. The van der Waals surface area contributed by atoms with E-state index in [1.54, 1.807) is 12.1 Å². The third-order valence-electron chi connectivity index (χ3n) is 2.37. The molecule has 0 heterocycles. The van der Waals surface area contributed by atoms with Gasteiger partial charge in [0, 0.05) is 16.1 Å². The topological polar surface area (TPSA) is 9.23 Å². The van der Waals surface area contributed by atoms with E-state index in [0.717, 1.165) is 6.07 Å². The van der Waals surface area contributed by atoms with Gasteiger partial charge in [-0.05, 0) is 34.1 Å². The zero-order valence-corrected chi connectivity index (χ0v) is 13.3. The molecule has 0 aliphatic rings. The first kappa shape index (κ1) is 14.8. The molecule has 0 radical (unpaired) electrons. The molecule has 2 rings (SSSR count). The van der Waals surface area contributed by atoms with E-state index in [0.29, 0.717) is 14.5 Å². The lowest BCUT2D eigenvalue weighted by Gasteiger charge is -2.10. The van der Waals surface area contributed by atoms with Crippen LogP contribution in [-0.2, 0) is 6.61 Å². The van der Waals surface area contributed by atoms with Crippen LogP contribution >= 0.6 is 43.5 Å². The minimum absolute atomic E-state index is 0.00120. The molecule has 0 unspecified atom stereocenters. The number of halogens is 5. The van der Waals surface area contributed by atoms with Crippen LogP contribution in [0.5, 0.6) is 5.75 Å².